The second-order valence-corrected chi connectivity index (χ2v) is 11.1. The Morgan fingerprint density at radius 3 is 2.61 bits per heavy atom. The van der Waals surface area contributed by atoms with Crippen LogP contribution in [0.2, 0.25) is 0 Å². The van der Waals surface area contributed by atoms with Crippen molar-refractivity contribution in [3.8, 4) is 0 Å². The lowest BCUT2D eigenvalue weighted by Crippen LogP contribution is -2.45. The van der Waals surface area contributed by atoms with E-state index in [0.29, 0.717) is 36.1 Å². The van der Waals surface area contributed by atoms with Crippen LogP contribution in [0.5, 0.6) is 0 Å². The van der Waals surface area contributed by atoms with Crippen LogP contribution in [0.3, 0.4) is 0 Å². The van der Waals surface area contributed by atoms with E-state index in [2.05, 4.69) is 5.32 Å². The highest BCUT2D eigenvalue weighted by atomic mass is 32.2. The minimum atomic E-state index is -3.42. The van der Waals surface area contributed by atoms with Crippen molar-refractivity contribution in [2.75, 3.05) is 32.7 Å². The van der Waals surface area contributed by atoms with Crippen LogP contribution in [0.15, 0.2) is 50.6 Å². The van der Waals surface area contributed by atoms with Crippen molar-refractivity contribution < 1.29 is 22.4 Å². The zero-order valence-corrected chi connectivity index (χ0v) is 18.7. The number of amides is 2. The Kier molecular flexibility index (Phi) is 6.31. The average molecular weight is 464 g/mol. The van der Waals surface area contributed by atoms with Gasteiger partial charge in [0.1, 0.15) is 9.97 Å². The van der Waals surface area contributed by atoms with E-state index in [1.807, 2.05) is 0 Å². The summed E-state index contributed by atoms with van der Waals surface area (Å²) in [7, 11) is -3.42. The number of carbonyl (C=O) groups is 2. The van der Waals surface area contributed by atoms with Crippen LogP contribution in [0, 0.1) is 5.41 Å². The number of nitrogens with one attached hydrogen (secondary N) is 1. The maximum atomic E-state index is 12.7. The minimum Gasteiger partial charge on any atom is -0.465 e. The largest absolute Gasteiger partial charge is 0.465 e. The number of hydrogen-bond acceptors (Lipinski definition) is 6. The first-order valence-electron chi connectivity index (χ1n) is 10.2. The number of carbonyl (C=O) groups excluding carboxylic acids is 2. The van der Waals surface area contributed by atoms with Crippen LogP contribution in [0.25, 0.3) is 6.08 Å². The van der Waals surface area contributed by atoms with Gasteiger partial charge in [-0.3, -0.25) is 9.59 Å². The van der Waals surface area contributed by atoms with E-state index < -0.39 is 10.0 Å². The minimum absolute atomic E-state index is 0.0413. The van der Waals surface area contributed by atoms with Crippen LogP contribution < -0.4 is 5.32 Å². The monoisotopic (exact) mass is 463 g/mol. The maximum Gasteiger partial charge on any atom is 0.252 e. The zero-order chi connectivity index (χ0) is 21.9. The van der Waals surface area contributed by atoms with Gasteiger partial charge in [-0.1, -0.05) is 6.07 Å². The van der Waals surface area contributed by atoms with Crippen molar-refractivity contribution in [1.29, 1.82) is 0 Å². The molecule has 2 amide bonds. The number of likely N-dealkylation sites (tertiary alicyclic amines) is 1. The predicted molar refractivity (Wildman–Crippen MR) is 117 cm³/mol. The van der Waals surface area contributed by atoms with Gasteiger partial charge in [0.25, 0.3) is 10.0 Å². The number of rotatable bonds is 6. The molecule has 0 radical (unpaired) electrons. The highest BCUT2D eigenvalue weighted by Gasteiger charge is 2.44. The van der Waals surface area contributed by atoms with E-state index in [4.69, 9.17) is 4.42 Å². The van der Waals surface area contributed by atoms with Gasteiger partial charge in [0, 0.05) is 32.3 Å². The summed E-state index contributed by atoms with van der Waals surface area (Å²) in [5, 5.41) is 4.38. The number of nitrogens with zero attached hydrogens (tertiary/aromatic N) is 2. The number of thiophene rings is 1. The molecule has 31 heavy (non-hydrogen) atoms. The Labute approximate surface area is 185 Å². The highest BCUT2D eigenvalue weighted by Crippen LogP contribution is 2.41. The van der Waals surface area contributed by atoms with Gasteiger partial charge in [-0.05, 0) is 54.3 Å². The van der Waals surface area contributed by atoms with Gasteiger partial charge in [-0.15, -0.1) is 11.3 Å². The molecule has 2 aliphatic rings. The summed E-state index contributed by atoms with van der Waals surface area (Å²) in [5.74, 6) is 0.0893. The smallest absolute Gasteiger partial charge is 0.252 e. The van der Waals surface area contributed by atoms with Crippen LogP contribution in [-0.4, -0.2) is 62.2 Å². The molecule has 1 spiro atoms. The molecular formula is C21H25N3O5S2. The van der Waals surface area contributed by atoms with Crippen molar-refractivity contribution in [1.82, 2.24) is 14.5 Å². The summed E-state index contributed by atoms with van der Waals surface area (Å²) in [4.78, 5) is 26.2. The summed E-state index contributed by atoms with van der Waals surface area (Å²) in [6, 6.07) is 6.84. The molecule has 2 saturated heterocycles. The lowest BCUT2D eigenvalue weighted by molar-refractivity contribution is -0.131. The number of hydrogen-bond donors (Lipinski definition) is 1. The van der Waals surface area contributed by atoms with Crippen molar-refractivity contribution in [2.45, 2.75) is 23.5 Å². The Morgan fingerprint density at radius 2 is 1.94 bits per heavy atom. The average Bonchev–Trinajstić information content (AvgIpc) is 3.53. The number of piperidine rings is 1. The molecule has 0 aliphatic carbocycles. The van der Waals surface area contributed by atoms with Gasteiger partial charge in [0.15, 0.2) is 0 Å². The van der Waals surface area contributed by atoms with Crippen LogP contribution in [0.1, 0.15) is 25.0 Å². The van der Waals surface area contributed by atoms with Crippen LogP contribution in [-0.2, 0) is 19.6 Å². The molecule has 0 aromatic carbocycles. The fourth-order valence-corrected chi connectivity index (χ4v) is 6.76. The van der Waals surface area contributed by atoms with Crippen LogP contribution >= 0.6 is 11.3 Å². The Bertz CT molecular complexity index is 1040. The third kappa shape index (κ3) is 4.91. The lowest BCUT2D eigenvalue weighted by atomic mass is 9.78. The molecule has 0 unspecified atom stereocenters. The Balaban J connectivity index is 1.25. The molecule has 4 rings (SSSR count). The van der Waals surface area contributed by atoms with Gasteiger partial charge >= 0.3 is 0 Å². The third-order valence-corrected chi connectivity index (χ3v) is 9.29. The topological polar surface area (TPSA) is 99.9 Å². The molecule has 10 heteroatoms. The van der Waals surface area contributed by atoms with E-state index in [1.165, 1.54) is 23.7 Å². The normalized spacial score (nSPS) is 19.3. The molecule has 2 aliphatic heterocycles. The lowest BCUT2D eigenvalue weighted by Gasteiger charge is -2.38. The molecule has 0 atom stereocenters. The first-order chi connectivity index (χ1) is 14.9. The van der Waals surface area contributed by atoms with Crippen molar-refractivity contribution >= 4 is 39.3 Å². The van der Waals surface area contributed by atoms with Crippen LogP contribution in [0.4, 0.5) is 0 Å². The van der Waals surface area contributed by atoms with E-state index in [1.54, 1.807) is 44.9 Å². The summed E-state index contributed by atoms with van der Waals surface area (Å²) >= 11 is 1.23. The van der Waals surface area contributed by atoms with Gasteiger partial charge in [0.05, 0.1) is 12.8 Å². The second kappa shape index (κ2) is 8.97. The van der Waals surface area contributed by atoms with Gasteiger partial charge in [-0.25, -0.2) is 8.42 Å². The predicted octanol–water partition coefficient (Wildman–Crippen LogP) is 2.17. The fraction of sp³-hybridized carbons (Fsp3) is 0.429. The molecule has 2 aromatic heterocycles. The van der Waals surface area contributed by atoms with Gasteiger partial charge in [-0.2, -0.15) is 4.31 Å². The molecule has 166 valence electrons. The van der Waals surface area contributed by atoms with E-state index in [0.717, 1.165) is 19.3 Å². The summed E-state index contributed by atoms with van der Waals surface area (Å²) in [6.45, 7) is 2.12. The Morgan fingerprint density at radius 1 is 1.16 bits per heavy atom. The molecule has 2 aromatic rings. The summed E-state index contributed by atoms with van der Waals surface area (Å²) in [5.41, 5.74) is -0.0413. The molecule has 2 fully saturated rings. The SMILES string of the molecule is O=C(/C=C\c1ccco1)NCC(=O)N1CCC2(CCN(S(=O)(=O)c3cccs3)CC2)C1. The number of sulfonamides is 1. The quantitative estimate of drug-likeness (QED) is 0.662. The molecule has 1 N–H and O–H groups in total. The number of furan rings is 1. The molecule has 0 saturated carbocycles. The van der Waals surface area contributed by atoms with Gasteiger partial charge in [0.2, 0.25) is 11.8 Å². The molecular weight excluding hydrogens is 438 g/mol. The Hall–Kier alpha value is -2.43. The van der Waals surface area contributed by atoms with Crippen molar-refractivity contribution in [3.63, 3.8) is 0 Å². The summed E-state index contributed by atoms with van der Waals surface area (Å²) < 4.78 is 32.5. The molecule has 4 heterocycles. The van der Waals surface area contributed by atoms with E-state index >= 15 is 0 Å². The first kappa shape index (κ1) is 21.8. The van der Waals surface area contributed by atoms with E-state index in [-0.39, 0.29) is 23.8 Å². The maximum absolute atomic E-state index is 12.7. The first-order valence-corrected chi connectivity index (χ1v) is 12.5. The second-order valence-electron chi connectivity index (χ2n) is 7.97. The van der Waals surface area contributed by atoms with Gasteiger partial charge < -0.3 is 14.6 Å². The van der Waals surface area contributed by atoms with Crippen molar-refractivity contribution in [2.24, 2.45) is 5.41 Å². The van der Waals surface area contributed by atoms with Crippen molar-refractivity contribution in [3.05, 3.63) is 47.7 Å². The third-order valence-electron chi connectivity index (χ3n) is 6.02. The fourth-order valence-electron chi connectivity index (χ4n) is 4.17. The summed E-state index contributed by atoms with van der Waals surface area (Å²) in [6.07, 6.45) is 6.73. The van der Waals surface area contributed by atoms with E-state index in [9.17, 15) is 18.0 Å². The standard InChI is InChI=1S/C21H25N3O5S2/c25-18(6-5-17-3-1-13-29-17)22-15-19(26)23-10-7-21(16-23)8-11-24(12-9-21)31(27,28)20-4-2-14-30-20/h1-6,13-14H,7-12,15-16H2,(H,22,25)/b6-5-. The molecule has 8 nitrogen and oxygen atoms in total. The zero-order valence-electron chi connectivity index (χ0n) is 17.0. The molecule has 0 bridgehead atoms. The highest BCUT2D eigenvalue weighted by molar-refractivity contribution is 7.91.